The molecule has 1 atom stereocenters. The van der Waals surface area contributed by atoms with E-state index in [0.717, 1.165) is 13.0 Å². The molecule has 3 N–H and O–H groups in total. The van der Waals surface area contributed by atoms with E-state index in [1.54, 1.807) is 0 Å². The summed E-state index contributed by atoms with van der Waals surface area (Å²) >= 11 is 0. The summed E-state index contributed by atoms with van der Waals surface area (Å²) in [5.41, 5.74) is 7.47. The zero-order chi connectivity index (χ0) is 13.9. The molecule has 0 saturated heterocycles. The van der Waals surface area contributed by atoms with E-state index in [1.165, 1.54) is 18.4 Å². The van der Waals surface area contributed by atoms with E-state index >= 15 is 0 Å². The maximum Gasteiger partial charge on any atom is 0.237 e. The Morgan fingerprint density at radius 2 is 1.95 bits per heavy atom. The van der Waals surface area contributed by atoms with Crippen LogP contribution in [0.3, 0.4) is 0 Å². The van der Waals surface area contributed by atoms with Crippen molar-refractivity contribution >= 4 is 5.91 Å². The highest BCUT2D eigenvalue weighted by Gasteiger charge is 2.42. The van der Waals surface area contributed by atoms with Crippen LogP contribution in [0.2, 0.25) is 0 Å². The van der Waals surface area contributed by atoms with Crippen LogP contribution >= 0.6 is 0 Å². The molecule has 0 unspecified atom stereocenters. The van der Waals surface area contributed by atoms with Crippen LogP contribution in [0.4, 0.5) is 0 Å². The number of carbonyl (C=O) groups is 1. The SMILES string of the molecule is CC(C)[C@H](N)C(=O)NCC1(Cc2ccccc2)CC1. The van der Waals surface area contributed by atoms with Gasteiger partial charge in [0.05, 0.1) is 6.04 Å². The normalized spacial score (nSPS) is 18.1. The Balaban J connectivity index is 1.84. The molecule has 19 heavy (non-hydrogen) atoms. The lowest BCUT2D eigenvalue weighted by Crippen LogP contribution is -2.45. The first-order chi connectivity index (χ1) is 9.02. The molecular weight excluding hydrogens is 236 g/mol. The summed E-state index contributed by atoms with van der Waals surface area (Å²) < 4.78 is 0. The topological polar surface area (TPSA) is 55.1 Å². The molecule has 3 nitrogen and oxygen atoms in total. The van der Waals surface area contributed by atoms with Crippen molar-refractivity contribution in [3.63, 3.8) is 0 Å². The Morgan fingerprint density at radius 1 is 1.32 bits per heavy atom. The first-order valence-corrected chi connectivity index (χ1v) is 7.10. The minimum Gasteiger partial charge on any atom is -0.354 e. The fourth-order valence-corrected chi connectivity index (χ4v) is 2.32. The maximum atomic E-state index is 11.9. The van der Waals surface area contributed by atoms with Gasteiger partial charge in [-0.3, -0.25) is 4.79 Å². The van der Waals surface area contributed by atoms with Crippen molar-refractivity contribution in [2.45, 2.75) is 39.2 Å². The Morgan fingerprint density at radius 3 is 2.47 bits per heavy atom. The van der Waals surface area contributed by atoms with Crippen molar-refractivity contribution < 1.29 is 4.79 Å². The van der Waals surface area contributed by atoms with Gasteiger partial charge in [0.25, 0.3) is 0 Å². The molecule has 3 heteroatoms. The standard InChI is InChI=1S/C16H24N2O/c1-12(2)14(17)15(19)18-11-16(8-9-16)10-13-6-4-3-5-7-13/h3-7,12,14H,8-11,17H2,1-2H3,(H,18,19)/t14-/m0/s1. The smallest absolute Gasteiger partial charge is 0.237 e. The van der Waals surface area contributed by atoms with E-state index in [0.29, 0.717) is 0 Å². The number of nitrogens with two attached hydrogens (primary N) is 1. The number of nitrogens with one attached hydrogen (secondary N) is 1. The van der Waals surface area contributed by atoms with Gasteiger partial charge in [-0.05, 0) is 36.2 Å². The Kier molecular flexibility index (Phi) is 4.25. The van der Waals surface area contributed by atoms with E-state index in [1.807, 2.05) is 19.9 Å². The van der Waals surface area contributed by atoms with Crippen LogP contribution in [0.1, 0.15) is 32.3 Å². The molecule has 1 aromatic rings. The minimum absolute atomic E-state index is 0.0191. The van der Waals surface area contributed by atoms with Gasteiger partial charge >= 0.3 is 0 Å². The molecule has 0 aromatic heterocycles. The summed E-state index contributed by atoms with van der Waals surface area (Å²) in [7, 11) is 0. The highest BCUT2D eigenvalue weighted by molar-refractivity contribution is 5.81. The number of rotatable bonds is 6. The molecule has 0 bridgehead atoms. The highest BCUT2D eigenvalue weighted by atomic mass is 16.2. The van der Waals surface area contributed by atoms with Gasteiger partial charge in [-0.1, -0.05) is 44.2 Å². The van der Waals surface area contributed by atoms with Crippen LogP contribution in [-0.4, -0.2) is 18.5 Å². The van der Waals surface area contributed by atoms with Crippen LogP contribution in [0.15, 0.2) is 30.3 Å². The molecule has 0 spiro atoms. The van der Waals surface area contributed by atoms with Crippen molar-refractivity contribution in [3.8, 4) is 0 Å². The van der Waals surface area contributed by atoms with Crippen LogP contribution < -0.4 is 11.1 Å². The molecule has 0 aliphatic heterocycles. The first-order valence-electron chi connectivity index (χ1n) is 7.10. The molecule has 104 valence electrons. The fraction of sp³-hybridized carbons (Fsp3) is 0.562. The van der Waals surface area contributed by atoms with Crippen molar-refractivity contribution in [2.24, 2.45) is 17.1 Å². The van der Waals surface area contributed by atoms with Gasteiger partial charge in [-0.2, -0.15) is 0 Å². The number of amides is 1. The van der Waals surface area contributed by atoms with Gasteiger partial charge in [0.2, 0.25) is 5.91 Å². The molecule has 1 aromatic carbocycles. The molecule has 1 aliphatic carbocycles. The molecular formula is C16H24N2O. The van der Waals surface area contributed by atoms with E-state index < -0.39 is 6.04 Å². The third-order valence-corrected chi connectivity index (χ3v) is 4.04. The Bertz CT molecular complexity index is 424. The number of hydrogen-bond acceptors (Lipinski definition) is 2. The number of hydrogen-bond donors (Lipinski definition) is 2. The molecule has 1 saturated carbocycles. The molecule has 2 rings (SSSR count). The van der Waals surface area contributed by atoms with Crippen LogP contribution in [-0.2, 0) is 11.2 Å². The second-order valence-electron chi connectivity index (χ2n) is 6.15. The number of carbonyl (C=O) groups excluding carboxylic acids is 1. The van der Waals surface area contributed by atoms with Gasteiger partial charge in [0, 0.05) is 6.54 Å². The monoisotopic (exact) mass is 260 g/mol. The quantitative estimate of drug-likeness (QED) is 0.823. The average Bonchev–Trinajstić information content (AvgIpc) is 3.16. The van der Waals surface area contributed by atoms with E-state index in [-0.39, 0.29) is 17.2 Å². The maximum absolute atomic E-state index is 11.9. The Labute approximate surface area is 115 Å². The van der Waals surface area contributed by atoms with Gasteiger partial charge in [-0.25, -0.2) is 0 Å². The van der Waals surface area contributed by atoms with Gasteiger partial charge < -0.3 is 11.1 Å². The van der Waals surface area contributed by atoms with Crippen LogP contribution in [0.25, 0.3) is 0 Å². The third kappa shape index (κ3) is 3.80. The minimum atomic E-state index is -0.396. The third-order valence-electron chi connectivity index (χ3n) is 4.04. The summed E-state index contributed by atoms with van der Waals surface area (Å²) in [5, 5.41) is 3.02. The summed E-state index contributed by atoms with van der Waals surface area (Å²) in [4.78, 5) is 11.9. The van der Waals surface area contributed by atoms with Crippen molar-refractivity contribution in [1.82, 2.24) is 5.32 Å². The summed E-state index contributed by atoms with van der Waals surface area (Å²) in [5.74, 6) is 0.165. The van der Waals surface area contributed by atoms with Crippen LogP contribution in [0, 0.1) is 11.3 Å². The zero-order valence-electron chi connectivity index (χ0n) is 11.9. The highest BCUT2D eigenvalue weighted by Crippen LogP contribution is 2.47. The van der Waals surface area contributed by atoms with Crippen molar-refractivity contribution in [1.29, 1.82) is 0 Å². The second-order valence-corrected chi connectivity index (χ2v) is 6.15. The molecule has 1 fully saturated rings. The fourth-order valence-electron chi connectivity index (χ4n) is 2.32. The van der Waals surface area contributed by atoms with Gasteiger partial charge in [0.15, 0.2) is 0 Å². The van der Waals surface area contributed by atoms with E-state index in [2.05, 4.69) is 29.6 Å². The largest absolute Gasteiger partial charge is 0.354 e. The van der Waals surface area contributed by atoms with Crippen molar-refractivity contribution in [2.75, 3.05) is 6.54 Å². The number of benzene rings is 1. The average molecular weight is 260 g/mol. The second kappa shape index (κ2) is 5.74. The van der Waals surface area contributed by atoms with Crippen molar-refractivity contribution in [3.05, 3.63) is 35.9 Å². The summed E-state index contributed by atoms with van der Waals surface area (Å²) in [6.45, 7) is 4.70. The molecule has 1 amide bonds. The van der Waals surface area contributed by atoms with Gasteiger partial charge in [-0.15, -0.1) is 0 Å². The lowest BCUT2D eigenvalue weighted by molar-refractivity contribution is -0.123. The zero-order valence-corrected chi connectivity index (χ0v) is 11.9. The van der Waals surface area contributed by atoms with E-state index in [9.17, 15) is 4.79 Å². The Hall–Kier alpha value is -1.35. The van der Waals surface area contributed by atoms with Gasteiger partial charge in [0.1, 0.15) is 0 Å². The summed E-state index contributed by atoms with van der Waals surface area (Å²) in [6.07, 6.45) is 3.43. The summed E-state index contributed by atoms with van der Waals surface area (Å²) in [6, 6.07) is 10.1. The lowest BCUT2D eigenvalue weighted by atomic mass is 9.96. The lowest BCUT2D eigenvalue weighted by Gasteiger charge is -2.20. The molecule has 0 radical (unpaired) electrons. The predicted octanol–water partition coefficient (Wildman–Crippen LogP) is 2.11. The molecule has 0 heterocycles. The molecule has 1 aliphatic rings. The van der Waals surface area contributed by atoms with E-state index in [4.69, 9.17) is 5.73 Å². The predicted molar refractivity (Wildman–Crippen MR) is 77.6 cm³/mol. The van der Waals surface area contributed by atoms with Crippen LogP contribution in [0.5, 0.6) is 0 Å². The first kappa shape index (κ1) is 14.1.